The molecule has 1 aliphatic rings. The molecule has 2 N–H and O–H groups in total. The molecule has 1 atom stereocenters. The highest BCUT2D eigenvalue weighted by Gasteiger charge is 2.46. The van der Waals surface area contributed by atoms with Crippen LogP contribution in [0, 0.1) is 6.92 Å². The van der Waals surface area contributed by atoms with Gasteiger partial charge in [-0.3, -0.25) is 9.59 Å². The Labute approximate surface area is 177 Å². The number of nitrogens with zero attached hydrogens (tertiary/aromatic N) is 1. The third kappa shape index (κ3) is 4.39. The van der Waals surface area contributed by atoms with Gasteiger partial charge in [0.2, 0.25) is 0 Å². The van der Waals surface area contributed by atoms with Crippen LogP contribution in [0.5, 0.6) is 5.75 Å². The first-order valence-electron chi connectivity index (χ1n) is 10.2. The molecule has 0 spiro atoms. The van der Waals surface area contributed by atoms with Crippen LogP contribution in [0.1, 0.15) is 29.7 Å². The van der Waals surface area contributed by atoms with Crippen molar-refractivity contribution in [2.75, 3.05) is 33.8 Å². The van der Waals surface area contributed by atoms with Gasteiger partial charge in [-0.15, -0.1) is 0 Å². The molecule has 0 saturated carbocycles. The van der Waals surface area contributed by atoms with Crippen LogP contribution in [0.2, 0.25) is 0 Å². The van der Waals surface area contributed by atoms with Gasteiger partial charge in [-0.25, -0.2) is 0 Å². The SMILES string of the molecule is CCOc1ccc([C@H]2C(=C(O)c3ccc(C)cc3)C(=O)C(=O)N2CC[NH+](C)C)cc1. The molecule has 158 valence electrons. The number of ketones is 1. The van der Waals surface area contributed by atoms with E-state index in [1.54, 1.807) is 17.0 Å². The summed E-state index contributed by atoms with van der Waals surface area (Å²) in [6.45, 7) is 5.51. The topological polar surface area (TPSA) is 71.3 Å². The van der Waals surface area contributed by atoms with Crippen molar-refractivity contribution in [2.24, 2.45) is 0 Å². The fourth-order valence-electron chi connectivity index (χ4n) is 3.58. The van der Waals surface area contributed by atoms with Gasteiger partial charge in [-0.1, -0.05) is 42.0 Å². The molecule has 3 rings (SSSR count). The van der Waals surface area contributed by atoms with E-state index in [0.717, 1.165) is 16.9 Å². The second-order valence-electron chi connectivity index (χ2n) is 7.82. The number of hydrogen-bond donors (Lipinski definition) is 2. The smallest absolute Gasteiger partial charge is 0.295 e. The lowest BCUT2D eigenvalue weighted by atomic mass is 9.95. The van der Waals surface area contributed by atoms with Gasteiger partial charge >= 0.3 is 0 Å². The van der Waals surface area contributed by atoms with Crippen molar-refractivity contribution < 1.29 is 24.3 Å². The molecule has 0 aliphatic carbocycles. The predicted octanol–water partition coefficient (Wildman–Crippen LogP) is 1.96. The van der Waals surface area contributed by atoms with Crippen LogP contribution in [0.25, 0.3) is 5.76 Å². The zero-order chi connectivity index (χ0) is 21.8. The van der Waals surface area contributed by atoms with Crippen LogP contribution >= 0.6 is 0 Å². The number of Topliss-reactive ketones (excluding diaryl/α,β-unsaturated/α-hetero) is 1. The monoisotopic (exact) mass is 409 g/mol. The molecule has 6 nitrogen and oxygen atoms in total. The molecule has 1 fully saturated rings. The Bertz CT molecular complexity index is 946. The first kappa shape index (κ1) is 21.6. The Hall–Kier alpha value is -3.12. The minimum Gasteiger partial charge on any atom is -0.507 e. The number of carbonyl (C=O) groups excluding carboxylic acids is 2. The minimum atomic E-state index is -0.652. The van der Waals surface area contributed by atoms with E-state index in [9.17, 15) is 14.7 Å². The van der Waals surface area contributed by atoms with Gasteiger partial charge < -0.3 is 19.6 Å². The number of hydrogen-bond acceptors (Lipinski definition) is 4. The van der Waals surface area contributed by atoms with Crippen LogP contribution < -0.4 is 9.64 Å². The summed E-state index contributed by atoms with van der Waals surface area (Å²) in [6, 6.07) is 14.0. The second-order valence-corrected chi connectivity index (χ2v) is 7.82. The Kier molecular flexibility index (Phi) is 6.57. The van der Waals surface area contributed by atoms with Gasteiger partial charge in [-0.2, -0.15) is 0 Å². The molecule has 1 saturated heterocycles. The van der Waals surface area contributed by atoms with Crippen molar-refractivity contribution in [3.8, 4) is 5.75 Å². The lowest BCUT2D eigenvalue weighted by Gasteiger charge is -2.25. The Balaban J connectivity index is 2.10. The number of quaternary nitrogens is 1. The lowest BCUT2D eigenvalue weighted by molar-refractivity contribution is -0.857. The zero-order valence-corrected chi connectivity index (χ0v) is 17.9. The highest BCUT2D eigenvalue weighted by Crippen LogP contribution is 2.39. The van der Waals surface area contributed by atoms with E-state index in [-0.39, 0.29) is 11.3 Å². The molecule has 1 amide bonds. The summed E-state index contributed by atoms with van der Waals surface area (Å²) in [4.78, 5) is 28.6. The molecule has 0 aromatic heterocycles. The number of carbonyl (C=O) groups is 2. The van der Waals surface area contributed by atoms with E-state index < -0.39 is 17.7 Å². The highest BCUT2D eigenvalue weighted by atomic mass is 16.5. The van der Waals surface area contributed by atoms with Gasteiger partial charge in [0.15, 0.2) is 0 Å². The van der Waals surface area contributed by atoms with E-state index >= 15 is 0 Å². The van der Waals surface area contributed by atoms with Crippen LogP contribution in [0.15, 0.2) is 54.1 Å². The van der Waals surface area contributed by atoms with Crippen molar-refractivity contribution in [1.82, 2.24) is 4.90 Å². The molecular formula is C24H29N2O4+. The van der Waals surface area contributed by atoms with Gasteiger partial charge in [-0.05, 0) is 31.5 Å². The normalized spacial score (nSPS) is 18.3. The van der Waals surface area contributed by atoms with Crippen LogP contribution in [-0.4, -0.2) is 55.5 Å². The molecule has 0 unspecified atom stereocenters. The molecule has 30 heavy (non-hydrogen) atoms. The summed E-state index contributed by atoms with van der Waals surface area (Å²) in [5.74, 6) is -0.661. The van der Waals surface area contributed by atoms with Crippen LogP contribution in [0.4, 0.5) is 0 Å². The van der Waals surface area contributed by atoms with Crippen molar-refractivity contribution in [1.29, 1.82) is 0 Å². The standard InChI is InChI=1S/C24H28N2O4/c1-5-30-19-12-10-17(11-13-19)21-20(22(27)18-8-6-16(2)7-9-18)23(28)24(29)26(21)15-14-25(3)4/h6-13,21,27H,5,14-15H2,1-4H3/p+1/t21-/m0/s1. The van der Waals surface area contributed by atoms with Crippen LogP contribution in [0.3, 0.4) is 0 Å². The number of aryl methyl sites for hydroxylation is 1. The first-order chi connectivity index (χ1) is 14.3. The van der Waals surface area contributed by atoms with Crippen molar-refractivity contribution >= 4 is 17.4 Å². The molecule has 0 bridgehead atoms. The average Bonchev–Trinajstić information content (AvgIpc) is 2.98. The van der Waals surface area contributed by atoms with Crippen molar-refractivity contribution in [3.05, 3.63) is 70.8 Å². The zero-order valence-electron chi connectivity index (χ0n) is 17.9. The molecule has 2 aromatic rings. The van der Waals surface area contributed by atoms with Gasteiger partial charge in [0, 0.05) is 5.56 Å². The number of aliphatic hydroxyl groups is 1. The molecule has 6 heteroatoms. The Morgan fingerprint density at radius 3 is 2.27 bits per heavy atom. The fraction of sp³-hybridized carbons (Fsp3) is 0.333. The Morgan fingerprint density at radius 1 is 1.07 bits per heavy atom. The maximum Gasteiger partial charge on any atom is 0.295 e. The number of nitrogens with one attached hydrogen (secondary N) is 1. The number of likely N-dealkylation sites (N-methyl/N-ethyl adjacent to an activating group) is 1. The number of ether oxygens (including phenoxy) is 1. The number of amides is 1. The number of benzene rings is 2. The summed E-state index contributed by atoms with van der Waals surface area (Å²) in [5, 5.41) is 11.0. The Morgan fingerprint density at radius 2 is 1.70 bits per heavy atom. The molecular weight excluding hydrogens is 380 g/mol. The van der Waals surface area contributed by atoms with Gasteiger partial charge in [0.25, 0.3) is 11.7 Å². The maximum atomic E-state index is 13.0. The first-order valence-corrected chi connectivity index (χ1v) is 10.2. The average molecular weight is 410 g/mol. The van der Waals surface area contributed by atoms with Crippen molar-refractivity contribution in [3.63, 3.8) is 0 Å². The summed E-state index contributed by atoms with van der Waals surface area (Å²) in [5.41, 5.74) is 2.46. The molecule has 1 heterocycles. The summed E-state index contributed by atoms with van der Waals surface area (Å²) in [6.07, 6.45) is 0. The predicted molar refractivity (Wildman–Crippen MR) is 115 cm³/mol. The van der Waals surface area contributed by atoms with Crippen LogP contribution in [-0.2, 0) is 9.59 Å². The molecule has 2 aromatic carbocycles. The molecule has 1 aliphatic heterocycles. The van der Waals surface area contributed by atoms with E-state index in [1.807, 2.05) is 64.3 Å². The summed E-state index contributed by atoms with van der Waals surface area (Å²) in [7, 11) is 3.99. The van der Waals surface area contributed by atoms with E-state index in [0.29, 0.717) is 25.3 Å². The number of rotatable bonds is 7. The minimum absolute atomic E-state index is 0.127. The van der Waals surface area contributed by atoms with Gasteiger partial charge in [0.05, 0.1) is 45.4 Å². The third-order valence-electron chi connectivity index (χ3n) is 5.22. The largest absolute Gasteiger partial charge is 0.507 e. The fourth-order valence-corrected chi connectivity index (χ4v) is 3.58. The van der Waals surface area contributed by atoms with E-state index in [2.05, 4.69) is 0 Å². The van der Waals surface area contributed by atoms with Gasteiger partial charge in [0.1, 0.15) is 11.5 Å². The number of likely N-dealkylation sites (tertiary alicyclic amines) is 1. The summed E-state index contributed by atoms with van der Waals surface area (Å²) >= 11 is 0. The maximum absolute atomic E-state index is 13.0. The third-order valence-corrected chi connectivity index (χ3v) is 5.22. The van der Waals surface area contributed by atoms with Crippen molar-refractivity contribution in [2.45, 2.75) is 19.9 Å². The molecule has 0 radical (unpaired) electrons. The quantitative estimate of drug-likeness (QED) is 0.417. The second kappa shape index (κ2) is 9.13. The van der Waals surface area contributed by atoms with E-state index in [4.69, 9.17) is 4.74 Å². The number of aliphatic hydroxyl groups excluding tert-OH is 1. The summed E-state index contributed by atoms with van der Waals surface area (Å²) < 4.78 is 5.51. The lowest BCUT2D eigenvalue weighted by Crippen LogP contribution is -3.06. The highest BCUT2D eigenvalue weighted by molar-refractivity contribution is 6.46. The van der Waals surface area contributed by atoms with E-state index in [1.165, 1.54) is 4.90 Å².